The molecule has 0 spiro atoms. The zero-order chi connectivity index (χ0) is 29.4. The Kier molecular flexibility index (Phi) is 7.45. The molecule has 11 heteroatoms. The molecule has 1 N–H and O–H groups in total. The molecule has 0 bridgehead atoms. The van der Waals surface area contributed by atoms with E-state index in [1.165, 1.54) is 12.3 Å². The van der Waals surface area contributed by atoms with E-state index in [1.807, 2.05) is 30.3 Å². The monoisotopic (exact) mass is 601 g/mol. The van der Waals surface area contributed by atoms with Crippen molar-refractivity contribution in [3.8, 4) is 11.4 Å². The Bertz CT molecular complexity index is 1880. The second kappa shape index (κ2) is 11.3. The van der Waals surface area contributed by atoms with Gasteiger partial charge in [-0.05, 0) is 54.4 Å². The van der Waals surface area contributed by atoms with Gasteiger partial charge in [0.1, 0.15) is 11.4 Å². The summed E-state index contributed by atoms with van der Waals surface area (Å²) in [5, 5.41) is 8.17. The van der Waals surface area contributed by atoms with Gasteiger partial charge >= 0.3 is 0 Å². The molecule has 0 unspecified atom stereocenters. The van der Waals surface area contributed by atoms with Crippen LogP contribution in [0.25, 0.3) is 11.3 Å². The van der Waals surface area contributed by atoms with Gasteiger partial charge in [0.15, 0.2) is 5.65 Å². The first kappa shape index (κ1) is 27.6. The number of anilines is 1. The predicted molar refractivity (Wildman–Crippen MR) is 161 cm³/mol. The summed E-state index contributed by atoms with van der Waals surface area (Å²) in [7, 11) is 1.57. The number of methoxy groups -OCH3 is 1. The van der Waals surface area contributed by atoms with Crippen LogP contribution in [0.5, 0.6) is 5.75 Å². The van der Waals surface area contributed by atoms with E-state index in [-0.39, 0.29) is 35.4 Å². The maximum Gasteiger partial charge on any atom is 0.261 e. The molecule has 3 aromatic carbocycles. The largest absolute Gasteiger partial charge is 0.497 e. The number of hydrogen-bond acceptors (Lipinski definition) is 5. The molecule has 0 radical (unpaired) electrons. The number of carbonyl (C=O) groups is 2. The first-order chi connectivity index (χ1) is 20.3. The summed E-state index contributed by atoms with van der Waals surface area (Å²) < 4.78 is 8.47. The van der Waals surface area contributed by atoms with E-state index in [4.69, 9.17) is 27.9 Å². The van der Waals surface area contributed by atoms with E-state index in [9.17, 15) is 14.4 Å². The van der Waals surface area contributed by atoms with Crippen LogP contribution in [0.1, 0.15) is 27.2 Å². The molecule has 1 aliphatic heterocycles. The molecule has 2 aromatic heterocycles. The molecule has 1 aliphatic rings. The van der Waals surface area contributed by atoms with Crippen LogP contribution in [-0.4, -0.2) is 44.6 Å². The topological polar surface area (TPSA) is 97.9 Å². The number of carbonyl (C=O) groups excluding carboxylic acids is 2. The zero-order valence-electron chi connectivity index (χ0n) is 22.5. The Morgan fingerprint density at radius 3 is 2.48 bits per heavy atom. The quantitative estimate of drug-likeness (QED) is 0.289. The standard InChI is InChI=1S/C31H25Cl2N5O4/c1-42-22-10-8-21(9-11-22)37-29-26(35-28(39)15-19-5-3-2-4-6-19)17-34-38(29)27-18-36(14-13-23(27)31(37)41)30(40)20-7-12-24(32)25(33)16-20/h2-12,16-17H,13-15,18H2,1H3,(H,35,39). The second-order valence-electron chi connectivity index (χ2n) is 9.87. The van der Waals surface area contributed by atoms with Gasteiger partial charge in [0.2, 0.25) is 5.91 Å². The molecule has 0 saturated heterocycles. The molecule has 2 amide bonds. The lowest BCUT2D eigenvalue weighted by Gasteiger charge is -2.29. The van der Waals surface area contributed by atoms with Crippen molar-refractivity contribution in [1.29, 1.82) is 0 Å². The smallest absolute Gasteiger partial charge is 0.261 e. The number of benzene rings is 3. The summed E-state index contributed by atoms with van der Waals surface area (Å²) in [5.74, 6) is 0.149. The highest BCUT2D eigenvalue weighted by atomic mass is 35.5. The van der Waals surface area contributed by atoms with Gasteiger partial charge in [-0.3, -0.25) is 19.0 Å². The second-order valence-corrected chi connectivity index (χ2v) is 10.7. The Balaban J connectivity index is 1.44. The molecule has 0 atom stereocenters. The van der Waals surface area contributed by atoms with Crippen molar-refractivity contribution in [3.63, 3.8) is 0 Å². The number of nitrogens with one attached hydrogen (secondary N) is 1. The van der Waals surface area contributed by atoms with Gasteiger partial charge in [-0.1, -0.05) is 53.5 Å². The molecule has 9 nitrogen and oxygen atoms in total. The van der Waals surface area contributed by atoms with Crippen molar-refractivity contribution in [3.05, 3.63) is 122 Å². The van der Waals surface area contributed by atoms with Crippen LogP contribution in [0.4, 0.5) is 5.69 Å². The van der Waals surface area contributed by atoms with Gasteiger partial charge in [-0.25, -0.2) is 4.52 Å². The molecule has 6 rings (SSSR count). The van der Waals surface area contributed by atoms with E-state index in [0.717, 1.165) is 5.56 Å². The van der Waals surface area contributed by atoms with Crippen LogP contribution in [-0.2, 0) is 24.2 Å². The van der Waals surface area contributed by atoms with Crippen molar-refractivity contribution in [2.75, 3.05) is 19.0 Å². The molecule has 0 saturated carbocycles. The van der Waals surface area contributed by atoms with E-state index in [2.05, 4.69) is 10.4 Å². The number of aromatic nitrogens is 3. The Morgan fingerprint density at radius 2 is 1.76 bits per heavy atom. The van der Waals surface area contributed by atoms with Gasteiger partial charge in [-0.15, -0.1) is 0 Å². The highest BCUT2D eigenvalue weighted by Crippen LogP contribution is 2.28. The molecule has 0 aliphatic carbocycles. The average molecular weight is 602 g/mol. The lowest BCUT2D eigenvalue weighted by atomic mass is 10.0. The molecular formula is C31H25Cl2N5O4. The number of halogens is 2. The number of fused-ring (bicyclic) bond motifs is 3. The van der Waals surface area contributed by atoms with Gasteiger partial charge < -0.3 is 15.0 Å². The number of rotatable bonds is 6. The fraction of sp³-hybridized carbons (Fsp3) is 0.161. The lowest BCUT2D eigenvalue weighted by molar-refractivity contribution is -0.115. The van der Waals surface area contributed by atoms with Crippen molar-refractivity contribution < 1.29 is 14.3 Å². The van der Waals surface area contributed by atoms with Crippen molar-refractivity contribution in [2.24, 2.45) is 0 Å². The van der Waals surface area contributed by atoms with E-state index in [1.54, 1.807) is 57.5 Å². The minimum Gasteiger partial charge on any atom is -0.497 e. The molecule has 212 valence electrons. The van der Waals surface area contributed by atoms with Gasteiger partial charge in [0, 0.05) is 17.7 Å². The third-order valence-corrected chi connectivity index (χ3v) is 8.00. The Morgan fingerprint density at radius 1 is 1.00 bits per heavy atom. The van der Waals surface area contributed by atoms with Gasteiger partial charge in [0.05, 0.1) is 47.7 Å². The number of nitrogens with zero attached hydrogens (tertiary/aromatic N) is 4. The van der Waals surface area contributed by atoms with Gasteiger partial charge in [0.25, 0.3) is 11.5 Å². The fourth-order valence-corrected chi connectivity index (χ4v) is 5.48. The van der Waals surface area contributed by atoms with Crippen LogP contribution in [0.2, 0.25) is 10.0 Å². The zero-order valence-corrected chi connectivity index (χ0v) is 24.0. The molecule has 0 fully saturated rings. The third kappa shape index (κ3) is 5.13. The highest BCUT2D eigenvalue weighted by molar-refractivity contribution is 6.42. The van der Waals surface area contributed by atoms with Crippen LogP contribution < -0.4 is 15.6 Å². The Labute approximate surface area is 250 Å². The minimum atomic E-state index is -0.251. The van der Waals surface area contributed by atoms with Crippen molar-refractivity contribution >= 4 is 46.4 Å². The summed E-state index contributed by atoms with van der Waals surface area (Å²) in [6.07, 6.45) is 2.00. The van der Waals surface area contributed by atoms with Crippen LogP contribution in [0.15, 0.2) is 83.8 Å². The van der Waals surface area contributed by atoms with Crippen molar-refractivity contribution in [2.45, 2.75) is 19.4 Å². The molecule has 42 heavy (non-hydrogen) atoms. The normalized spacial score (nSPS) is 12.7. The summed E-state index contributed by atoms with van der Waals surface area (Å²) in [4.78, 5) is 42.2. The highest BCUT2D eigenvalue weighted by Gasteiger charge is 2.29. The van der Waals surface area contributed by atoms with Crippen molar-refractivity contribution in [1.82, 2.24) is 19.1 Å². The minimum absolute atomic E-state index is 0.142. The number of amides is 2. The van der Waals surface area contributed by atoms with Crippen LogP contribution >= 0.6 is 23.2 Å². The van der Waals surface area contributed by atoms with E-state index >= 15 is 0 Å². The summed E-state index contributed by atoms with van der Waals surface area (Å²) in [6, 6.07) is 21.2. The SMILES string of the molecule is COc1ccc(-n2c(=O)c3c(n4ncc(NC(=O)Cc5ccccc5)c24)CN(C(=O)c2ccc(Cl)c(Cl)c2)CC3)cc1. The summed E-state index contributed by atoms with van der Waals surface area (Å²) >= 11 is 12.2. The maximum atomic E-state index is 14.1. The number of hydrogen-bond donors (Lipinski definition) is 1. The fourth-order valence-electron chi connectivity index (χ4n) is 5.18. The molecule has 5 aromatic rings. The molecular weight excluding hydrogens is 577 g/mol. The number of ether oxygens (including phenoxy) is 1. The van der Waals surface area contributed by atoms with Crippen LogP contribution in [0.3, 0.4) is 0 Å². The van der Waals surface area contributed by atoms with E-state index < -0.39 is 0 Å². The lowest BCUT2D eigenvalue weighted by Crippen LogP contribution is -2.41. The maximum absolute atomic E-state index is 14.1. The Hall–Kier alpha value is -4.60. The average Bonchev–Trinajstić information content (AvgIpc) is 3.41. The summed E-state index contributed by atoms with van der Waals surface area (Å²) in [5.41, 5.74) is 3.46. The molecule has 3 heterocycles. The third-order valence-electron chi connectivity index (χ3n) is 7.26. The van der Waals surface area contributed by atoms with Gasteiger partial charge in [-0.2, -0.15) is 5.10 Å². The summed E-state index contributed by atoms with van der Waals surface area (Å²) in [6.45, 7) is 0.472. The van der Waals surface area contributed by atoms with Crippen LogP contribution in [0, 0.1) is 0 Å². The predicted octanol–water partition coefficient (Wildman–Crippen LogP) is 5.18. The first-order valence-electron chi connectivity index (χ1n) is 13.2. The first-order valence-corrected chi connectivity index (χ1v) is 14.0. The van der Waals surface area contributed by atoms with E-state index in [0.29, 0.717) is 57.6 Å².